The van der Waals surface area contributed by atoms with Crippen molar-refractivity contribution in [1.82, 2.24) is 0 Å². The number of benzene rings is 2. The Hall–Kier alpha value is -2.20. The van der Waals surface area contributed by atoms with Crippen LogP contribution in [0, 0.1) is 6.92 Å². The summed E-state index contributed by atoms with van der Waals surface area (Å²) >= 11 is 5.83. The molecule has 0 atom stereocenters. The quantitative estimate of drug-likeness (QED) is 0.829. The van der Waals surface area contributed by atoms with Gasteiger partial charge in [-0.2, -0.15) is 0 Å². The molecule has 0 aliphatic rings. The maximum absolute atomic E-state index is 11.8. The summed E-state index contributed by atoms with van der Waals surface area (Å²) in [7, 11) is 0. The van der Waals surface area contributed by atoms with Crippen LogP contribution in [0.1, 0.15) is 12.0 Å². The third-order valence-corrected chi connectivity index (χ3v) is 3.30. The van der Waals surface area contributed by atoms with Crippen molar-refractivity contribution in [3.63, 3.8) is 0 Å². The Morgan fingerprint density at radius 1 is 1.29 bits per heavy atom. The Labute approximate surface area is 128 Å². The number of anilines is 2. The number of hydrogen-bond donors (Lipinski definition) is 2. The first-order valence-corrected chi connectivity index (χ1v) is 6.97. The smallest absolute Gasteiger partial charge is 0.227 e. The normalized spacial score (nSPS) is 10.2. The van der Waals surface area contributed by atoms with E-state index in [1.54, 1.807) is 18.2 Å². The maximum Gasteiger partial charge on any atom is 0.227 e. The van der Waals surface area contributed by atoms with Gasteiger partial charge in [0, 0.05) is 5.69 Å². The van der Waals surface area contributed by atoms with Crippen molar-refractivity contribution in [2.24, 2.45) is 0 Å². The lowest BCUT2D eigenvalue weighted by atomic mass is 10.2. The van der Waals surface area contributed by atoms with Gasteiger partial charge in [-0.25, -0.2) is 0 Å². The van der Waals surface area contributed by atoms with E-state index < -0.39 is 0 Å². The minimum atomic E-state index is -0.134. The molecule has 110 valence electrons. The minimum Gasteiger partial charge on any atom is -0.493 e. The minimum absolute atomic E-state index is 0.134. The van der Waals surface area contributed by atoms with E-state index in [2.05, 4.69) is 5.32 Å². The third-order valence-electron chi connectivity index (χ3n) is 2.96. The standard InChI is InChI=1S/C16H17ClN2O2/c1-11-4-2-3-5-15(11)21-9-8-16(20)19-12-6-7-13(17)14(18)10-12/h2-7,10H,8-9,18H2,1H3,(H,19,20). The number of halogens is 1. The lowest BCUT2D eigenvalue weighted by Crippen LogP contribution is -2.15. The summed E-state index contributed by atoms with van der Waals surface area (Å²) in [5, 5.41) is 3.22. The highest BCUT2D eigenvalue weighted by Crippen LogP contribution is 2.22. The molecule has 0 saturated heterocycles. The molecule has 5 heteroatoms. The molecule has 1 amide bonds. The van der Waals surface area contributed by atoms with Gasteiger partial charge in [0.25, 0.3) is 0 Å². The van der Waals surface area contributed by atoms with Gasteiger partial charge in [-0.05, 0) is 36.8 Å². The molecular weight excluding hydrogens is 288 g/mol. The summed E-state index contributed by atoms with van der Waals surface area (Å²) in [5.74, 6) is 0.659. The van der Waals surface area contributed by atoms with Crippen LogP contribution in [0.3, 0.4) is 0 Å². The number of amides is 1. The summed E-state index contributed by atoms with van der Waals surface area (Å²) in [6, 6.07) is 12.7. The number of carbonyl (C=O) groups excluding carboxylic acids is 1. The highest BCUT2D eigenvalue weighted by atomic mass is 35.5. The zero-order valence-electron chi connectivity index (χ0n) is 11.7. The van der Waals surface area contributed by atoms with Crippen molar-refractivity contribution >= 4 is 28.9 Å². The number of aryl methyl sites for hydroxylation is 1. The van der Waals surface area contributed by atoms with Crippen LogP contribution in [0.25, 0.3) is 0 Å². The molecule has 21 heavy (non-hydrogen) atoms. The van der Waals surface area contributed by atoms with Gasteiger partial charge < -0.3 is 15.8 Å². The van der Waals surface area contributed by atoms with E-state index in [0.717, 1.165) is 11.3 Å². The second-order valence-electron chi connectivity index (χ2n) is 4.65. The Morgan fingerprint density at radius 2 is 2.05 bits per heavy atom. The molecule has 2 aromatic rings. The Bertz CT molecular complexity index is 644. The predicted molar refractivity (Wildman–Crippen MR) is 85.8 cm³/mol. The lowest BCUT2D eigenvalue weighted by Gasteiger charge is -2.09. The molecule has 0 aromatic heterocycles. The molecule has 0 aliphatic carbocycles. The molecule has 0 bridgehead atoms. The zero-order valence-corrected chi connectivity index (χ0v) is 12.5. The monoisotopic (exact) mass is 304 g/mol. The first kappa shape index (κ1) is 15.2. The molecule has 0 fully saturated rings. The topological polar surface area (TPSA) is 64.3 Å². The zero-order chi connectivity index (χ0) is 15.2. The molecule has 0 spiro atoms. The van der Waals surface area contributed by atoms with Gasteiger partial charge in [0.05, 0.1) is 23.7 Å². The van der Waals surface area contributed by atoms with E-state index in [1.165, 1.54) is 0 Å². The van der Waals surface area contributed by atoms with Crippen LogP contribution in [-0.2, 0) is 4.79 Å². The summed E-state index contributed by atoms with van der Waals surface area (Å²) in [4.78, 5) is 11.8. The van der Waals surface area contributed by atoms with Gasteiger partial charge in [-0.15, -0.1) is 0 Å². The number of ether oxygens (including phenoxy) is 1. The lowest BCUT2D eigenvalue weighted by molar-refractivity contribution is -0.116. The Morgan fingerprint density at radius 3 is 2.76 bits per heavy atom. The average Bonchev–Trinajstić information content (AvgIpc) is 2.45. The van der Waals surface area contributed by atoms with Crippen molar-refractivity contribution in [2.75, 3.05) is 17.7 Å². The second kappa shape index (κ2) is 6.99. The Kier molecular flexibility index (Phi) is 5.06. The van der Waals surface area contributed by atoms with E-state index in [0.29, 0.717) is 23.0 Å². The third kappa shape index (κ3) is 4.39. The van der Waals surface area contributed by atoms with Gasteiger partial charge in [0.2, 0.25) is 5.91 Å². The molecule has 0 unspecified atom stereocenters. The average molecular weight is 305 g/mol. The van der Waals surface area contributed by atoms with Gasteiger partial charge in [0.1, 0.15) is 5.75 Å². The van der Waals surface area contributed by atoms with E-state index in [9.17, 15) is 4.79 Å². The fourth-order valence-corrected chi connectivity index (χ4v) is 1.93. The highest BCUT2D eigenvalue weighted by molar-refractivity contribution is 6.33. The molecule has 3 N–H and O–H groups in total. The van der Waals surface area contributed by atoms with Crippen molar-refractivity contribution in [1.29, 1.82) is 0 Å². The first-order valence-electron chi connectivity index (χ1n) is 6.59. The van der Waals surface area contributed by atoms with Gasteiger partial charge in [-0.1, -0.05) is 29.8 Å². The van der Waals surface area contributed by atoms with Crippen LogP contribution >= 0.6 is 11.6 Å². The molecule has 2 aromatic carbocycles. The second-order valence-corrected chi connectivity index (χ2v) is 5.06. The summed E-state index contributed by atoms with van der Waals surface area (Å²) in [5.41, 5.74) is 7.78. The molecule has 0 saturated carbocycles. The van der Waals surface area contributed by atoms with Crippen LogP contribution in [0.15, 0.2) is 42.5 Å². The number of hydrogen-bond acceptors (Lipinski definition) is 3. The van der Waals surface area contributed by atoms with E-state index in [-0.39, 0.29) is 12.3 Å². The SMILES string of the molecule is Cc1ccccc1OCCC(=O)Nc1ccc(Cl)c(N)c1. The fraction of sp³-hybridized carbons (Fsp3) is 0.188. The molecule has 4 nitrogen and oxygen atoms in total. The van der Waals surface area contributed by atoms with Gasteiger partial charge in [0.15, 0.2) is 0 Å². The maximum atomic E-state index is 11.8. The number of nitrogen functional groups attached to an aromatic ring is 1. The Balaban J connectivity index is 1.82. The number of nitrogens with two attached hydrogens (primary N) is 1. The van der Waals surface area contributed by atoms with E-state index in [4.69, 9.17) is 22.1 Å². The van der Waals surface area contributed by atoms with Gasteiger partial charge >= 0.3 is 0 Å². The van der Waals surface area contributed by atoms with Crippen LogP contribution in [0.2, 0.25) is 5.02 Å². The number of para-hydroxylation sites is 1. The molecule has 0 heterocycles. The number of rotatable bonds is 5. The van der Waals surface area contributed by atoms with Crippen molar-refractivity contribution in [3.8, 4) is 5.75 Å². The number of nitrogens with one attached hydrogen (secondary N) is 1. The highest BCUT2D eigenvalue weighted by Gasteiger charge is 2.05. The number of carbonyl (C=O) groups is 1. The van der Waals surface area contributed by atoms with Gasteiger partial charge in [-0.3, -0.25) is 4.79 Å². The van der Waals surface area contributed by atoms with Crippen LogP contribution in [0.4, 0.5) is 11.4 Å². The summed E-state index contributed by atoms with van der Waals surface area (Å²) < 4.78 is 5.58. The fourth-order valence-electron chi connectivity index (χ4n) is 1.82. The molecule has 0 aliphatic heterocycles. The summed E-state index contributed by atoms with van der Waals surface area (Å²) in [6.45, 7) is 2.28. The molecule has 2 rings (SSSR count). The van der Waals surface area contributed by atoms with Crippen LogP contribution in [-0.4, -0.2) is 12.5 Å². The van der Waals surface area contributed by atoms with Crippen molar-refractivity contribution < 1.29 is 9.53 Å². The first-order chi connectivity index (χ1) is 10.1. The van der Waals surface area contributed by atoms with E-state index >= 15 is 0 Å². The molecular formula is C16H17ClN2O2. The van der Waals surface area contributed by atoms with Crippen molar-refractivity contribution in [2.45, 2.75) is 13.3 Å². The van der Waals surface area contributed by atoms with Crippen LogP contribution in [0.5, 0.6) is 5.75 Å². The largest absolute Gasteiger partial charge is 0.493 e. The van der Waals surface area contributed by atoms with Crippen molar-refractivity contribution in [3.05, 3.63) is 53.1 Å². The molecule has 0 radical (unpaired) electrons. The van der Waals surface area contributed by atoms with Crippen LogP contribution < -0.4 is 15.8 Å². The predicted octanol–water partition coefficient (Wildman–Crippen LogP) is 3.64. The summed E-state index contributed by atoms with van der Waals surface area (Å²) in [6.07, 6.45) is 0.261. The van der Waals surface area contributed by atoms with E-state index in [1.807, 2.05) is 31.2 Å².